The van der Waals surface area contributed by atoms with E-state index >= 15 is 0 Å². The Labute approximate surface area is 96.7 Å². The lowest BCUT2D eigenvalue weighted by atomic mass is 10.1. The highest BCUT2D eigenvalue weighted by molar-refractivity contribution is 6.05. The van der Waals surface area contributed by atoms with E-state index in [1.165, 1.54) is 0 Å². The molecule has 2 heterocycles. The molecule has 2 aromatic rings. The Hall–Kier alpha value is -2.40. The fourth-order valence-electron chi connectivity index (χ4n) is 1.68. The average molecular weight is 230 g/mol. The Kier molecular flexibility index (Phi) is 2.76. The van der Waals surface area contributed by atoms with Gasteiger partial charge >= 0.3 is 0 Å². The zero-order valence-corrected chi connectivity index (χ0v) is 9.45. The van der Waals surface area contributed by atoms with Crippen LogP contribution >= 0.6 is 0 Å². The first kappa shape index (κ1) is 11.1. The standard InChI is InChI=1S/C10H10N6O/c1-3-16-9-8(5-12-16)7(4-6(2)13-9)10(17)14-15-11/h4-5H,3H2,1-2H3. The summed E-state index contributed by atoms with van der Waals surface area (Å²) >= 11 is 0. The van der Waals surface area contributed by atoms with Crippen LogP contribution in [-0.2, 0) is 6.54 Å². The summed E-state index contributed by atoms with van der Waals surface area (Å²) in [7, 11) is 0. The summed E-state index contributed by atoms with van der Waals surface area (Å²) in [6, 6.07) is 1.60. The second-order valence-corrected chi connectivity index (χ2v) is 3.50. The molecular weight excluding hydrogens is 220 g/mol. The molecule has 17 heavy (non-hydrogen) atoms. The molecule has 1 amide bonds. The van der Waals surface area contributed by atoms with E-state index in [9.17, 15) is 4.79 Å². The number of rotatable bonds is 2. The van der Waals surface area contributed by atoms with Crippen LogP contribution in [0, 0.1) is 6.92 Å². The Morgan fingerprint density at radius 2 is 2.41 bits per heavy atom. The van der Waals surface area contributed by atoms with E-state index in [4.69, 9.17) is 5.53 Å². The summed E-state index contributed by atoms with van der Waals surface area (Å²) in [6.45, 7) is 4.37. The molecular formula is C10H10N6O. The van der Waals surface area contributed by atoms with Gasteiger partial charge < -0.3 is 0 Å². The lowest BCUT2D eigenvalue weighted by Gasteiger charge is -2.02. The van der Waals surface area contributed by atoms with Gasteiger partial charge in [0.2, 0.25) is 5.91 Å². The van der Waals surface area contributed by atoms with Crippen LogP contribution in [0.5, 0.6) is 0 Å². The van der Waals surface area contributed by atoms with Crippen LogP contribution in [0.1, 0.15) is 23.0 Å². The van der Waals surface area contributed by atoms with Crippen molar-refractivity contribution in [1.29, 1.82) is 0 Å². The van der Waals surface area contributed by atoms with Crippen molar-refractivity contribution >= 4 is 16.9 Å². The first-order valence-corrected chi connectivity index (χ1v) is 5.10. The molecule has 0 saturated carbocycles. The maximum atomic E-state index is 11.6. The van der Waals surface area contributed by atoms with Gasteiger partial charge in [0.15, 0.2) is 5.65 Å². The van der Waals surface area contributed by atoms with Crippen LogP contribution in [0.4, 0.5) is 0 Å². The van der Waals surface area contributed by atoms with Crippen molar-refractivity contribution in [3.05, 3.63) is 34.0 Å². The molecule has 0 aliphatic carbocycles. The Morgan fingerprint density at radius 1 is 1.65 bits per heavy atom. The van der Waals surface area contributed by atoms with E-state index < -0.39 is 5.91 Å². The Morgan fingerprint density at radius 3 is 3.06 bits per heavy atom. The van der Waals surface area contributed by atoms with Crippen molar-refractivity contribution < 1.29 is 4.79 Å². The van der Waals surface area contributed by atoms with E-state index in [0.29, 0.717) is 28.8 Å². The second-order valence-electron chi connectivity index (χ2n) is 3.50. The molecule has 0 saturated heterocycles. The molecule has 0 bridgehead atoms. The first-order chi connectivity index (χ1) is 8.17. The smallest absolute Gasteiger partial charge is 0.250 e. The van der Waals surface area contributed by atoms with Crippen LogP contribution in [0.2, 0.25) is 0 Å². The van der Waals surface area contributed by atoms with Gasteiger partial charge in [0, 0.05) is 22.7 Å². The molecule has 0 atom stereocenters. The quantitative estimate of drug-likeness (QED) is 0.449. The maximum absolute atomic E-state index is 11.6. The molecule has 2 aromatic heterocycles. The molecule has 0 aliphatic rings. The van der Waals surface area contributed by atoms with Crippen molar-refractivity contribution in [2.45, 2.75) is 20.4 Å². The van der Waals surface area contributed by atoms with Gasteiger partial charge in [-0.1, -0.05) is 0 Å². The van der Waals surface area contributed by atoms with Gasteiger partial charge in [-0.3, -0.25) is 4.79 Å². The molecule has 0 fully saturated rings. The fourth-order valence-corrected chi connectivity index (χ4v) is 1.68. The minimum absolute atomic E-state index is 0.338. The lowest BCUT2D eigenvalue weighted by Crippen LogP contribution is -2.01. The number of hydrogen-bond donors (Lipinski definition) is 0. The summed E-state index contributed by atoms with van der Waals surface area (Å²) in [5, 5.41) is 7.83. The minimum Gasteiger partial charge on any atom is -0.287 e. The Balaban J connectivity index is 2.75. The largest absolute Gasteiger partial charge is 0.287 e. The normalized spacial score (nSPS) is 10.2. The van der Waals surface area contributed by atoms with Gasteiger partial charge in [-0.2, -0.15) is 5.10 Å². The van der Waals surface area contributed by atoms with Crippen molar-refractivity contribution in [2.24, 2.45) is 5.11 Å². The van der Waals surface area contributed by atoms with Gasteiger partial charge in [0.25, 0.3) is 0 Å². The van der Waals surface area contributed by atoms with Gasteiger partial charge in [-0.05, 0) is 30.6 Å². The van der Waals surface area contributed by atoms with Crippen LogP contribution in [0.25, 0.3) is 21.5 Å². The number of fused-ring (bicyclic) bond motifs is 1. The number of amides is 1. The summed E-state index contributed by atoms with van der Waals surface area (Å²) in [4.78, 5) is 18.4. The molecule has 0 N–H and O–H groups in total. The summed E-state index contributed by atoms with van der Waals surface area (Å²) in [5.41, 5.74) is 9.94. The van der Waals surface area contributed by atoms with E-state index in [1.54, 1.807) is 23.9 Å². The molecule has 0 spiro atoms. The predicted molar refractivity (Wildman–Crippen MR) is 61.4 cm³/mol. The topological polar surface area (TPSA) is 96.5 Å². The van der Waals surface area contributed by atoms with Crippen LogP contribution in [0.15, 0.2) is 17.4 Å². The molecule has 0 unspecified atom stereocenters. The van der Waals surface area contributed by atoms with E-state index in [-0.39, 0.29) is 0 Å². The zero-order valence-electron chi connectivity index (χ0n) is 9.45. The van der Waals surface area contributed by atoms with Gasteiger partial charge in [-0.25, -0.2) is 9.67 Å². The monoisotopic (exact) mass is 230 g/mol. The summed E-state index contributed by atoms with van der Waals surface area (Å²) < 4.78 is 1.69. The molecule has 7 heteroatoms. The maximum Gasteiger partial charge on any atom is 0.250 e. The first-order valence-electron chi connectivity index (χ1n) is 5.10. The predicted octanol–water partition coefficient (Wildman–Crippen LogP) is 2.21. The van der Waals surface area contributed by atoms with Crippen molar-refractivity contribution in [3.63, 3.8) is 0 Å². The minimum atomic E-state index is -0.612. The molecule has 7 nitrogen and oxygen atoms in total. The average Bonchev–Trinajstić information content (AvgIpc) is 2.71. The molecule has 0 radical (unpaired) electrons. The molecule has 2 rings (SSSR count). The fraction of sp³-hybridized carbons (Fsp3) is 0.300. The highest BCUT2D eigenvalue weighted by Gasteiger charge is 2.13. The lowest BCUT2D eigenvalue weighted by molar-refractivity contribution is 0.100. The van der Waals surface area contributed by atoms with Crippen molar-refractivity contribution in [3.8, 4) is 0 Å². The van der Waals surface area contributed by atoms with E-state index in [2.05, 4.69) is 20.1 Å². The number of pyridine rings is 1. The van der Waals surface area contributed by atoms with Crippen molar-refractivity contribution in [1.82, 2.24) is 14.8 Å². The number of hydrogen-bond acceptors (Lipinski definition) is 3. The summed E-state index contributed by atoms with van der Waals surface area (Å²) in [6.07, 6.45) is 1.56. The number of azide groups is 1. The number of aryl methyl sites for hydroxylation is 2. The third-order valence-electron chi connectivity index (χ3n) is 2.40. The van der Waals surface area contributed by atoms with Crippen LogP contribution < -0.4 is 0 Å². The van der Waals surface area contributed by atoms with Crippen LogP contribution in [-0.4, -0.2) is 20.7 Å². The number of carbonyl (C=O) groups excluding carboxylic acids is 1. The molecule has 0 aromatic carbocycles. The van der Waals surface area contributed by atoms with Crippen LogP contribution in [0.3, 0.4) is 0 Å². The van der Waals surface area contributed by atoms with Crippen molar-refractivity contribution in [2.75, 3.05) is 0 Å². The molecule has 86 valence electrons. The van der Waals surface area contributed by atoms with E-state index in [0.717, 1.165) is 0 Å². The van der Waals surface area contributed by atoms with Gasteiger partial charge in [-0.15, -0.1) is 0 Å². The van der Waals surface area contributed by atoms with E-state index in [1.807, 2.05) is 6.92 Å². The SMILES string of the molecule is CCn1ncc2c(C(=O)N=[N+]=[N-])cc(C)nc21. The zero-order chi connectivity index (χ0) is 12.4. The number of aromatic nitrogens is 3. The van der Waals surface area contributed by atoms with Gasteiger partial charge in [0.1, 0.15) is 0 Å². The number of nitrogens with zero attached hydrogens (tertiary/aromatic N) is 6. The highest BCUT2D eigenvalue weighted by atomic mass is 16.1. The third kappa shape index (κ3) is 1.83. The summed E-state index contributed by atoms with van der Waals surface area (Å²) in [5.74, 6) is -0.612. The third-order valence-corrected chi connectivity index (χ3v) is 2.40. The number of carbonyl (C=O) groups is 1. The highest BCUT2D eigenvalue weighted by Crippen LogP contribution is 2.19. The second kappa shape index (κ2) is 4.23. The van der Waals surface area contributed by atoms with Gasteiger partial charge in [0.05, 0.1) is 11.6 Å². The molecule has 0 aliphatic heterocycles. The Bertz CT molecular complexity index is 638.